The molecule has 1 aliphatic rings. The lowest BCUT2D eigenvalue weighted by molar-refractivity contribution is 0.0142. The van der Waals surface area contributed by atoms with Crippen LogP contribution in [-0.4, -0.2) is 115 Å². The number of aliphatic hydroxyl groups is 2. The van der Waals surface area contributed by atoms with E-state index in [0.29, 0.717) is 87.9 Å². The molecular formula is C93H189N9O5. The molecule has 0 amide bonds. The number of nitrogen functional groups attached to an aromatic ring is 2. The number of nitrogens with two attached hydrogens (primary N) is 7. The molecule has 0 aliphatic carbocycles. The van der Waals surface area contributed by atoms with Crippen LogP contribution in [-0.2, 0) is 27.2 Å². The molecule has 1 fully saturated rings. The van der Waals surface area contributed by atoms with Crippen molar-refractivity contribution in [1.29, 1.82) is 0 Å². The standard InChI is InChI=1S/C15H32N2.C11H25NO3.C10H15N.2C9H13N.C9H21N.C8H18O.C8H18.C7H17NO.C7H17N/c1-15(2)9-8-13-16-11-6-4-3-5-7-12-17-14-10-15;1-11(2)3-5-13-7-9-15-10-8-14-6-4-12;1-8(2)10-6-4-3-5-9(10)7-11;1-7(2)8-4-3-5-9(10)6-8;1-2-5-8-6-3-4-7-9(8)10;1-8(2)5-4-6-9(3)7-10;1-8(2)6-4-3-5-7-9;1-4-5-6-7-8(2)3;1-7(2,3-5-8)4-6-9;1-4-7(2,3)5-6-8/h16-17H,3-14H2,1-2H3;11H,3-10,12H2,1-2H3;3-6,8H,7,11H2,1-2H3;3-7H,10H2,1-2H3;3-4,6-7H,2,5,10H2,1H3;8-9H,4-7,10H2,1-3H3;8-9H,3-7H2,1-2H3;8H,4-7H2,1-3H3;9H,3-6,8H2,1-2H3;4-6,8H2,1-3H3. The van der Waals surface area contributed by atoms with Gasteiger partial charge in [0.1, 0.15) is 0 Å². The molecule has 3 aromatic rings. The lowest BCUT2D eigenvalue weighted by Gasteiger charge is -2.24. The minimum absolute atomic E-state index is 0.226. The number of aliphatic hydroxyl groups excluding tert-OH is 2. The van der Waals surface area contributed by atoms with Gasteiger partial charge in [0.05, 0.1) is 33.0 Å². The van der Waals surface area contributed by atoms with E-state index in [1.54, 1.807) is 0 Å². The Labute approximate surface area is 666 Å². The maximum Gasteiger partial charge on any atom is 0.0701 e. The number of ether oxygens (including phenoxy) is 3. The van der Waals surface area contributed by atoms with Crippen LogP contribution < -0.4 is 50.8 Å². The molecule has 107 heavy (non-hydrogen) atoms. The van der Waals surface area contributed by atoms with E-state index in [4.69, 9.17) is 64.6 Å². The predicted molar refractivity (Wildman–Crippen MR) is 479 cm³/mol. The van der Waals surface area contributed by atoms with Gasteiger partial charge in [-0.05, 0) is 221 Å². The quantitative estimate of drug-likeness (QED) is 0.0189. The topological polar surface area (TPSA) is 274 Å². The van der Waals surface area contributed by atoms with Crippen molar-refractivity contribution < 1.29 is 24.4 Å². The molecule has 1 heterocycles. The summed E-state index contributed by atoms with van der Waals surface area (Å²) < 4.78 is 15.8. The average Bonchev–Trinajstić information content (AvgIpc) is 1.04. The summed E-state index contributed by atoms with van der Waals surface area (Å²) in [4.78, 5) is 0. The largest absolute Gasteiger partial charge is 0.399 e. The smallest absolute Gasteiger partial charge is 0.0701 e. The summed E-state index contributed by atoms with van der Waals surface area (Å²) in [6.45, 7) is 62.1. The van der Waals surface area contributed by atoms with Crippen molar-refractivity contribution in [3.63, 3.8) is 0 Å². The van der Waals surface area contributed by atoms with Crippen molar-refractivity contribution in [2.45, 2.75) is 338 Å². The van der Waals surface area contributed by atoms with Crippen molar-refractivity contribution in [1.82, 2.24) is 10.6 Å². The number of para-hydroxylation sites is 1. The zero-order valence-corrected chi connectivity index (χ0v) is 75.0. The van der Waals surface area contributed by atoms with Crippen molar-refractivity contribution >= 4 is 11.4 Å². The Morgan fingerprint density at radius 2 is 0.944 bits per heavy atom. The summed E-state index contributed by atoms with van der Waals surface area (Å²) in [5, 5.41) is 24.2. The number of hydrogen-bond acceptors (Lipinski definition) is 14. The van der Waals surface area contributed by atoms with Gasteiger partial charge < -0.3 is 75.2 Å². The highest BCUT2D eigenvalue weighted by Crippen LogP contribution is 2.27. The third-order valence-corrected chi connectivity index (χ3v) is 18.9. The SMILES string of the molecule is CC(C)(CCN)CCO.CC(C)CCCC(C)CN.CC(C)CCCCCO.CC(C)CCOCCOCCOCCN.CC(C)c1cccc(N)c1.CC(C)c1ccccc1CN.CC1(C)CCCNCCCCCCCNCC1.CCC(C)(C)CCN.CCCCCC(C)C.CCCc1ccccc1N. The highest BCUT2D eigenvalue weighted by atomic mass is 16.5. The van der Waals surface area contributed by atoms with Crippen LogP contribution in [0.4, 0.5) is 11.4 Å². The Morgan fingerprint density at radius 1 is 0.449 bits per heavy atom. The van der Waals surface area contributed by atoms with Crippen LogP contribution in [0.15, 0.2) is 72.8 Å². The molecule has 1 atom stereocenters. The second-order valence-electron chi connectivity index (χ2n) is 34.2. The maximum atomic E-state index is 8.59. The van der Waals surface area contributed by atoms with E-state index >= 15 is 0 Å². The number of unbranched alkanes of at least 4 members (excludes halogenated alkanes) is 4. The molecule has 0 saturated carbocycles. The molecule has 3 aromatic carbocycles. The fourth-order valence-corrected chi connectivity index (χ4v) is 10.7. The lowest BCUT2D eigenvalue weighted by Crippen LogP contribution is -2.24. The van der Waals surface area contributed by atoms with Crippen LogP contribution in [0.25, 0.3) is 0 Å². The van der Waals surface area contributed by atoms with Crippen LogP contribution in [0, 0.1) is 45.8 Å². The van der Waals surface area contributed by atoms with Gasteiger partial charge in [0, 0.05) is 44.3 Å². The zero-order chi connectivity index (χ0) is 82.4. The minimum atomic E-state index is 0.226. The number of rotatable bonds is 37. The van der Waals surface area contributed by atoms with E-state index in [9.17, 15) is 0 Å². The number of nitrogens with one attached hydrogen (secondary N) is 2. The van der Waals surface area contributed by atoms with Crippen molar-refractivity contribution in [2.75, 3.05) is 117 Å². The number of anilines is 2. The molecule has 0 spiro atoms. The van der Waals surface area contributed by atoms with E-state index in [1.807, 2.05) is 42.5 Å². The van der Waals surface area contributed by atoms with Gasteiger partial charge in [-0.3, -0.25) is 0 Å². The van der Waals surface area contributed by atoms with E-state index in [-0.39, 0.29) is 12.0 Å². The Balaban J connectivity index is -0.000000267. The number of benzene rings is 3. The summed E-state index contributed by atoms with van der Waals surface area (Å²) in [5.74, 6) is 5.16. The summed E-state index contributed by atoms with van der Waals surface area (Å²) in [6.07, 6.45) is 32.8. The lowest BCUT2D eigenvalue weighted by atomic mass is 9.84. The minimum Gasteiger partial charge on any atom is -0.399 e. The van der Waals surface area contributed by atoms with Crippen LogP contribution in [0.3, 0.4) is 0 Å². The first-order valence-electron chi connectivity index (χ1n) is 43.4. The average molecular weight is 1510 g/mol. The Morgan fingerprint density at radius 3 is 1.38 bits per heavy atom. The van der Waals surface area contributed by atoms with Crippen molar-refractivity contribution in [3.05, 3.63) is 95.1 Å². The summed E-state index contributed by atoms with van der Waals surface area (Å²) >= 11 is 0. The van der Waals surface area contributed by atoms with E-state index in [2.05, 4.69) is 193 Å². The molecule has 14 nitrogen and oxygen atoms in total. The van der Waals surface area contributed by atoms with Crippen LogP contribution in [0.5, 0.6) is 0 Å². The van der Waals surface area contributed by atoms with Gasteiger partial charge in [-0.2, -0.15) is 0 Å². The van der Waals surface area contributed by atoms with Gasteiger partial charge >= 0.3 is 0 Å². The molecule has 0 bridgehead atoms. The van der Waals surface area contributed by atoms with Gasteiger partial charge in [-0.15, -0.1) is 0 Å². The second-order valence-corrected chi connectivity index (χ2v) is 34.2. The Hall–Kier alpha value is -3.22. The van der Waals surface area contributed by atoms with Gasteiger partial charge in [0.25, 0.3) is 0 Å². The van der Waals surface area contributed by atoms with Crippen LogP contribution in [0.1, 0.15) is 347 Å². The van der Waals surface area contributed by atoms with E-state index < -0.39 is 0 Å². The predicted octanol–water partition coefficient (Wildman–Crippen LogP) is 21.6. The van der Waals surface area contributed by atoms with Crippen LogP contribution >= 0.6 is 0 Å². The normalized spacial score (nSPS) is 13.5. The van der Waals surface area contributed by atoms with Gasteiger partial charge in [-0.1, -0.05) is 297 Å². The molecule has 4 rings (SSSR count). The molecule has 636 valence electrons. The highest BCUT2D eigenvalue weighted by molar-refractivity contribution is 5.46. The first kappa shape index (κ1) is 115. The fourth-order valence-electron chi connectivity index (χ4n) is 10.7. The summed E-state index contributed by atoms with van der Waals surface area (Å²) in [7, 11) is 0. The van der Waals surface area contributed by atoms with Crippen molar-refractivity contribution in [3.8, 4) is 0 Å². The molecule has 0 aromatic heterocycles. The van der Waals surface area contributed by atoms with Crippen molar-refractivity contribution in [2.24, 2.45) is 74.5 Å². The first-order valence-corrected chi connectivity index (χ1v) is 43.4. The zero-order valence-electron chi connectivity index (χ0n) is 75.0. The summed E-state index contributed by atoms with van der Waals surface area (Å²) in [6, 6.07) is 24.4. The highest BCUT2D eigenvalue weighted by Gasteiger charge is 2.17. The first-order chi connectivity index (χ1) is 50.7. The van der Waals surface area contributed by atoms with Crippen LogP contribution in [0.2, 0.25) is 0 Å². The monoisotopic (exact) mass is 1510 g/mol. The molecule has 0 radical (unpaired) electrons. The molecule has 1 saturated heterocycles. The Bertz CT molecular complexity index is 2180. The second kappa shape index (κ2) is 82.2. The third kappa shape index (κ3) is 91.6. The molecular weight excluding hydrogens is 1320 g/mol. The van der Waals surface area contributed by atoms with E-state index in [0.717, 1.165) is 99.7 Å². The summed E-state index contributed by atoms with van der Waals surface area (Å²) in [5.41, 5.74) is 46.6. The number of hydrogen-bond donors (Lipinski definition) is 11. The third-order valence-electron chi connectivity index (χ3n) is 18.9. The molecule has 14 heteroatoms. The van der Waals surface area contributed by atoms with E-state index in [1.165, 1.54) is 170 Å². The maximum absolute atomic E-state index is 8.59. The van der Waals surface area contributed by atoms with Gasteiger partial charge in [0.2, 0.25) is 0 Å². The molecule has 1 unspecified atom stereocenters. The molecule has 1 aliphatic heterocycles. The number of aryl methyl sites for hydroxylation is 1. The Kier molecular flexibility index (Phi) is 88.1. The van der Waals surface area contributed by atoms with Gasteiger partial charge in [-0.25, -0.2) is 0 Å². The van der Waals surface area contributed by atoms with Gasteiger partial charge in [0.15, 0.2) is 0 Å². The fraction of sp³-hybridized carbons (Fsp3) is 0.806. The molecule has 18 N–H and O–H groups in total.